The van der Waals surface area contributed by atoms with Gasteiger partial charge in [-0.05, 0) is 97.0 Å². The van der Waals surface area contributed by atoms with Gasteiger partial charge in [-0.3, -0.25) is 4.79 Å². The van der Waals surface area contributed by atoms with Crippen LogP contribution in [-0.4, -0.2) is 11.4 Å². The molecule has 0 unspecified atom stereocenters. The Morgan fingerprint density at radius 1 is 1.13 bits per heavy atom. The van der Waals surface area contributed by atoms with Crippen LogP contribution in [0.2, 0.25) is 0 Å². The number of Topliss-reactive ketones (excluding diaryl/α,β-unsaturated/α-hetero) is 1. The van der Waals surface area contributed by atoms with E-state index in [-0.39, 0.29) is 22.9 Å². The van der Waals surface area contributed by atoms with Crippen molar-refractivity contribution in [3.05, 3.63) is 34.6 Å². The summed E-state index contributed by atoms with van der Waals surface area (Å²) >= 11 is 0. The van der Waals surface area contributed by atoms with Gasteiger partial charge in [-0.15, -0.1) is 0 Å². The Hall–Kier alpha value is -1.31. The van der Waals surface area contributed by atoms with Crippen molar-refractivity contribution in [3.8, 4) is 0 Å². The lowest BCUT2D eigenvalue weighted by atomic mass is 9.48. The molecule has 1 heterocycles. The molecule has 0 radical (unpaired) electrons. The Bertz CT molecular complexity index is 787. The van der Waals surface area contributed by atoms with Crippen LogP contribution in [0.4, 0.5) is 0 Å². The maximum absolute atomic E-state index is 14.3. The monoisotopic (exact) mass is 412 g/mol. The molecule has 30 heavy (non-hydrogen) atoms. The lowest BCUT2D eigenvalue weighted by Crippen LogP contribution is -2.54. The minimum Gasteiger partial charge on any atom is -0.491 e. The Kier molecular flexibility index (Phi) is 6.22. The Balaban J connectivity index is 2.27. The summed E-state index contributed by atoms with van der Waals surface area (Å²) in [5.74, 6) is 2.38. The lowest BCUT2D eigenvalue weighted by Gasteiger charge is -2.52. The second kappa shape index (κ2) is 7.99. The van der Waals surface area contributed by atoms with Gasteiger partial charge in [0.05, 0.1) is 5.41 Å². The third-order valence-electron chi connectivity index (χ3n) is 8.67. The van der Waals surface area contributed by atoms with Gasteiger partial charge >= 0.3 is 0 Å². The minimum atomic E-state index is -0.449. The third kappa shape index (κ3) is 3.33. The molecule has 1 saturated heterocycles. The number of hydrogen-bond acceptors (Lipinski definition) is 2. The number of carbonyl (C=O) groups excluding carboxylic acids is 1. The average molecular weight is 413 g/mol. The Labute approximate surface area is 185 Å². The molecule has 168 valence electrons. The van der Waals surface area contributed by atoms with E-state index in [0.717, 1.165) is 44.3 Å². The van der Waals surface area contributed by atoms with Gasteiger partial charge in [0.2, 0.25) is 0 Å². The Morgan fingerprint density at radius 3 is 2.33 bits per heavy atom. The van der Waals surface area contributed by atoms with Crippen molar-refractivity contribution in [2.75, 3.05) is 0 Å². The number of ether oxygens (including phenoxy) is 1. The molecular weight excluding hydrogens is 368 g/mol. The fourth-order valence-electron chi connectivity index (χ4n) is 6.81. The van der Waals surface area contributed by atoms with Gasteiger partial charge in [0.15, 0.2) is 0 Å². The summed E-state index contributed by atoms with van der Waals surface area (Å²) in [5, 5.41) is 0. The minimum absolute atomic E-state index is 0.0261. The van der Waals surface area contributed by atoms with Crippen LogP contribution in [0, 0.1) is 28.6 Å². The highest BCUT2D eigenvalue weighted by Gasteiger charge is 2.75. The highest BCUT2D eigenvalue weighted by molar-refractivity contribution is 5.92. The van der Waals surface area contributed by atoms with Gasteiger partial charge < -0.3 is 4.74 Å². The topological polar surface area (TPSA) is 26.3 Å². The van der Waals surface area contributed by atoms with Crippen molar-refractivity contribution in [2.45, 2.75) is 106 Å². The van der Waals surface area contributed by atoms with Crippen molar-refractivity contribution in [2.24, 2.45) is 28.6 Å². The predicted octanol–water partition coefficient (Wildman–Crippen LogP) is 7.80. The summed E-state index contributed by atoms with van der Waals surface area (Å²) in [5.41, 5.74) is 3.34. The van der Waals surface area contributed by atoms with E-state index in [1.807, 2.05) is 0 Å². The summed E-state index contributed by atoms with van der Waals surface area (Å²) in [6, 6.07) is 0. The SMILES string of the molecule is CC[C@H](C)C(=O)[C@]12C3=C(CC=C(C)C)C[C@H](CC=C(C)C)[C@@]1(C)CC[C@H]2C(C)(C)O3. The number of rotatable bonds is 7. The molecule has 1 saturated carbocycles. The fraction of sp³-hybridized carbons (Fsp3) is 0.750. The van der Waals surface area contributed by atoms with Crippen molar-refractivity contribution in [1.29, 1.82) is 0 Å². The molecule has 0 aromatic carbocycles. The van der Waals surface area contributed by atoms with E-state index >= 15 is 0 Å². The number of allylic oxidation sites excluding steroid dienone is 6. The number of ketones is 1. The van der Waals surface area contributed by atoms with Gasteiger partial charge in [-0.25, -0.2) is 0 Å². The normalized spacial score (nSPS) is 34.8. The molecule has 2 fully saturated rings. The quantitative estimate of drug-likeness (QED) is 0.399. The largest absolute Gasteiger partial charge is 0.491 e. The highest BCUT2D eigenvalue weighted by Crippen LogP contribution is 2.75. The highest BCUT2D eigenvalue weighted by atomic mass is 16.5. The van der Waals surface area contributed by atoms with Crippen molar-refractivity contribution in [3.63, 3.8) is 0 Å². The smallest absolute Gasteiger partial charge is 0.150 e. The molecule has 3 rings (SSSR count). The zero-order valence-electron chi connectivity index (χ0n) is 20.9. The van der Waals surface area contributed by atoms with Crippen LogP contribution in [-0.2, 0) is 9.53 Å². The standard InChI is InChI=1S/C28H44O2/c1-10-20(6)24(29)28-23-15-16-27(28,9)22(14-12-19(4)5)17-21(13-11-18(2)3)25(28)30-26(23,7)8/h11-12,20,22-23H,10,13-17H2,1-9H3/t20-,22-,23-,27+,28+/m0/s1. The number of carbonyl (C=O) groups is 1. The summed E-state index contributed by atoms with van der Waals surface area (Å²) in [6.45, 7) is 19.9. The molecule has 1 aliphatic heterocycles. The first-order valence-corrected chi connectivity index (χ1v) is 12.1. The van der Waals surface area contributed by atoms with Gasteiger partial charge in [0, 0.05) is 11.8 Å². The third-order valence-corrected chi connectivity index (χ3v) is 8.67. The summed E-state index contributed by atoms with van der Waals surface area (Å²) in [7, 11) is 0. The summed E-state index contributed by atoms with van der Waals surface area (Å²) < 4.78 is 6.80. The summed E-state index contributed by atoms with van der Waals surface area (Å²) in [6.07, 6.45) is 10.9. The van der Waals surface area contributed by atoms with Crippen LogP contribution in [0.5, 0.6) is 0 Å². The van der Waals surface area contributed by atoms with Gasteiger partial charge in [-0.2, -0.15) is 0 Å². The molecule has 5 atom stereocenters. The van der Waals surface area contributed by atoms with E-state index in [1.54, 1.807) is 0 Å². The van der Waals surface area contributed by atoms with Gasteiger partial charge in [0.1, 0.15) is 17.1 Å². The first kappa shape index (κ1) is 23.4. The van der Waals surface area contributed by atoms with Crippen molar-refractivity contribution >= 4 is 5.78 Å². The molecule has 0 bridgehead atoms. The molecule has 3 aliphatic rings. The fourth-order valence-corrected chi connectivity index (χ4v) is 6.81. The molecule has 0 spiro atoms. The van der Waals surface area contributed by atoms with Crippen LogP contribution in [0.25, 0.3) is 0 Å². The average Bonchev–Trinajstić information content (AvgIpc) is 3.12. The number of hydrogen-bond donors (Lipinski definition) is 0. The molecule has 0 amide bonds. The van der Waals surface area contributed by atoms with Gasteiger partial charge in [-0.1, -0.05) is 44.1 Å². The van der Waals surface area contributed by atoms with Gasteiger partial charge in [0.25, 0.3) is 0 Å². The maximum Gasteiger partial charge on any atom is 0.150 e. The van der Waals surface area contributed by atoms with Crippen molar-refractivity contribution in [1.82, 2.24) is 0 Å². The van der Waals surface area contributed by atoms with E-state index in [4.69, 9.17) is 4.74 Å². The van der Waals surface area contributed by atoms with E-state index < -0.39 is 5.41 Å². The molecule has 0 N–H and O–H groups in total. The van der Waals surface area contributed by atoms with Crippen LogP contribution < -0.4 is 0 Å². The molecule has 2 nitrogen and oxygen atoms in total. The zero-order valence-corrected chi connectivity index (χ0v) is 20.9. The van der Waals surface area contributed by atoms with E-state index in [2.05, 4.69) is 74.5 Å². The first-order valence-electron chi connectivity index (χ1n) is 12.1. The molecular formula is C28H44O2. The maximum atomic E-state index is 14.3. The molecule has 2 heteroatoms. The van der Waals surface area contributed by atoms with Crippen LogP contribution in [0.3, 0.4) is 0 Å². The predicted molar refractivity (Wildman–Crippen MR) is 126 cm³/mol. The van der Waals surface area contributed by atoms with Crippen LogP contribution >= 0.6 is 0 Å². The zero-order chi connectivity index (χ0) is 22.5. The second-order valence-electron chi connectivity index (χ2n) is 11.5. The Morgan fingerprint density at radius 2 is 1.77 bits per heavy atom. The van der Waals surface area contributed by atoms with E-state index in [0.29, 0.717) is 11.7 Å². The van der Waals surface area contributed by atoms with Crippen LogP contribution in [0.15, 0.2) is 34.6 Å². The van der Waals surface area contributed by atoms with E-state index in [1.165, 1.54) is 16.7 Å². The van der Waals surface area contributed by atoms with Crippen molar-refractivity contribution < 1.29 is 9.53 Å². The molecule has 2 aliphatic carbocycles. The molecule has 0 aromatic rings. The van der Waals surface area contributed by atoms with Crippen LogP contribution in [0.1, 0.15) is 101 Å². The first-order chi connectivity index (χ1) is 13.9. The summed E-state index contributed by atoms with van der Waals surface area (Å²) in [4.78, 5) is 14.3. The second-order valence-corrected chi connectivity index (χ2v) is 11.5. The van der Waals surface area contributed by atoms with E-state index in [9.17, 15) is 4.79 Å². The lowest BCUT2D eigenvalue weighted by molar-refractivity contribution is -0.141. The molecule has 0 aromatic heterocycles.